The first-order valence-corrected chi connectivity index (χ1v) is 8.23. The number of benzene rings is 1. The first-order valence-electron chi connectivity index (χ1n) is 8.23. The zero-order chi connectivity index (χ0) is 18.8. The topological polar surface area (TPSA) is 38.5 Å². The molecule has 0 unspecified atom stereocenters. The summed E-state index contributed by atoms with van der Waals surface area (Å²) in [5.41, 5.74) is 4.40. The van der Waals surface area contributed by atoms with E-state index in [-0.39, 0.29) is 18.2 Å². The molecule has 0 aliphatic carbocycles. The van der Waals surface area contributed by atoms with Crippen molar-refractivity contribution in [2.24, 2.45) is 5.92 Å². The van der Waals surface area contributed by atoms with Crippen LogP contribution < -0.4 is 10.5 Å². The smallest absolute Gasteiger partial charge is 0.458 e. The molecule has 0 bridgehead atoms. The Hall–Kier alpha value is -1.57. The molecule has 25 heavy (non-hydrogen) atoms. The van der Waals surface area contributed by atoms with E-state index in [0.717, 1.165) is 38.1 Å². The lowest BCUT2D eigenvalue weighted by Crippen LogP contribution is -2.39. The number of ether oxygens (including phenoxy) is 1. The van der Waals surface area contributed by atoms with Gasteiger partial charge in [-0.05, 0) is 57.8 Å². The second kappa shape index (κ2) is 7.35. The number of alkyl halides is 5. The zero-order valence-corrected chi connectivity index (χ0v) is 14.2. The van der Waals surface area contributed by atoms with E-state index in [0.29, 0.717) is 12.1 Å². The van der Waals surface area contributed by atoms with Crippen molar-refractivity contribution in [2.45, 2.75) is 44.8 Å². The summed E-state index contributed by atoms with van der Waals surface area (Å²) >= 11 is 0. The highest BCUT2D eigenvalue weighted by atomic mass is 19.4. The molecule has 2 N–H and O–H groups in total. The summed E-state index contributed by atoms with van der Waals surface area (Å²) < 4.78 is 70.8. The number of nitrogens with zero attached hydrogens (tertiary/aromatic N) is 1. The first kappa shape index (κ1) is 19.8. The monoisotopic (exact) mass is 366 g/mol. The summed E-state index contributed by atoms with van der Waals surface area (Å²) in [7, 11) is 0. The molecule has 1 heterocycles. The Kier molecular flexibility index (Phi) is 5.81. The van der Waals surface area contributed by atoms with Crippen LogP contribution in [0.25, 0.3) is 0 Å². The van der Waals surface area contributed by atoms with Crippen molar-refractivity contribution in [1.82, 2.24) is 4.90 Å². The fraction of sp³-hybridized carbons (Fsp3) is 0.647. The van der Waals surface area contributed by atoms with Gasteiger partial charge in [0.2, 0.25) is 0 Å². The number of halogens is 5. The SMILES string of the molecule is CC(C)N1CCC(COc2cc(N)ccc2C(F)(F)C(F)(F)F)CC1. The van der Waals surface area contributed by atoms with Crippen molar-refractivity contribution in [2.75, 3.05) is 25.4 Å². The van der Waals surface area contributed by atoms with Gasteiger partial charge in [-0.3, -0.25) is 0 Å². The van der Waals surface area contributed by atoms with Crippen LogP contribution in [-0.4, -0.2) is 36.8 Å². The summed E-state index contributed by atoms with van der Waals surface area (Å²) in [6.45, 7) is 5.99. The maximum atomic E-state index is 13.7. The molecule has 1 fully saturated rings. The number of nitrogens with two attached hydrogens (primary N) is 1. The molecule has 1 aromatic carbocycles. The van der Waals surface area contributed by atoms with Crippen molar-refractivity contribution >= 4 is 5.69 Å². The molecular weight excluding hydrogens is 343 g/mol. The van der Waals surface area contributed by atoms with E-state index in [1.807, 2.05) is 0 Å². The Labute approximate surface area is 143 Å². The molecule has 1 saturated heterocycles. The van der Waals surface area contributed by atoms with Gasteiger partial charge in [-0.25, -0.2) is 0 Å². The van der Waals surface area contributed by atoms with Crippen LogP contribution in [0.15, 0.2) is 18.2 Å². The van der Waals surface area contributed by atoms with Crippen LogP contribution in [-0.2, 0) is 5.92 Å². The molecule has 142 valence electrons. The Morgan fingerprint density at radius 2 is 1.76 bits per heavy atom. The third-order valence-electron chi connectivity index (χ3n) is 4.55. The standard InChI is InChI=1S/C17H23F5N2O/c1-11(2)24-7-5-12(6-8-24)10-25-15-9-13(23)3-4-14(15)16(18,19)17(20,21)22/h3-4,9,11-12H,5-8,10,23H2,1-2H3. The molecule has 0 spiro atoms. The minimum absolute atomic E-state index is 0.0753. The Balaban J connectivity index is 2.09. The minimum Gasteiger partial charge on any atom is -0.493 e. The minimum atomic E-state index is -5.69. The normalized spacial score (nSPS) is 17.9. The molecule has 3 nitrogen and oxygen atoms in total. The van der Waals surface area contributed by atoms with Gasteiger partial charge in [-0.1, -0.05) is 0 Å². The lowest BCUT2D eigenvalue weighted by atomic mass is 9.97. The van der Waals surface area contributed by atoms with Gasteiger partial charge in [0, 0.05) is 17.8 Å². The lowest BCUT2D eigenvalue weighted by Gasteiger charge is -2.34. The van der Waals surface area contributed by atoms with E-state index < -0.39 is 23.4 Å². The van der Waals surface area contributed by atoms with E-state index in [1.165, 1.54) is 0 Å². The third-order valence-corrected chi connectivity index (χ3v) is 4.55. The lowest BCUT2D eigenvalue weighted by molar-refractivity contribution is -0.289. The highest BCUT2D eigenvalue weighted by Crippen LogP contribution is 2.47. The van der Waals surface area contributed by atoms with Crippen LogP contribution in [0, 0.1) is 5.92 Å². The van der Waals surface area contributed by atoms with E-state index >= 15 is 0 Å². The van der Waals surface area contributed by atoms with Crippen LogP contribution >= 0.6 is 0 Å². The predicted molar refractivity (Wildman–Crippen MR) is 85.7 cm³/mol. The number of likely N-dealkylation sites (tertiary alicyclic amines) is 1. The van der Waals surface area contributed by atoms with Gasteiger partial charge in [0.1, 0.15) is 5.75 Å². The molecule has 0 aromatic heterocycles. The molecule has 1 aliphatic rings. The highest BCUT2D eigenvalue weighted by Gasteiger charge is 2.60. The zero-order valence-electron chi connectivity index (χ0n) is 14.2. The van der Waals surface area contributed by atoms with Crippen molar-refractivity contribution in [3.63, 3.8) is 0 Å². The highest BCUT2D eigenvalue weighted by molar-refractivity contribution is 5.50. The quantitative estimate of drug-likeness (QED) is 0.619. The molecule has 8 heteroatoms. The fourth-order valence-corrected chi connectivity index (χ4v) is 2.91. The Bertz CT molecular complexity index is 581. The number of piperidine rings is 1. The molecule has 1 aliphatic heterocycles. The van der Waals surface area contributed by atoms with E-state index in [9.17, 15) is 22.0 Å². The van der Waals surface area contributed by atoms with Crippen molar-refractivity contribution in [3.8, 4) is 5.75 Å². The summed E-state index contributed by atoms with van der Waals surface area (Å²) in [5.74, 6) is -5.38. The fourth-order valence-electron chi connectivity index (χ4n) is 2.91. The second-order valence-corrected chi connectivity index (χ2v) is 6.71. The van der Waals surface area contributed by atoms with Gasteiger partial charge in [0.25, 0.3) is 0 Å². The molecule has 0 atom stereocenters. The van der Waals surface area contributed by atoms with Gasteiger partial charge < -0.3 is 15.4 Å². The summed E-state index contributed by atoms with van der Waals surface area (Å²) in [6.07, 6.45) is -4.07. The molecule has 0 saturated carbocycles. The van der Waals surface area contributed by atoms with Gasteiger partial charge in [0.15, 0.2) is 0 Å². The molecule has 0 amide bonds. The van der Waals surface area contributed by atoms with Gasteiger partial charge in [-0.15, -0.1) is 0 Å². The van der Waals surface area contributed by atoms with Gasteiger partial charge in [-0.2, -0.15) is 22.0 Å². The van der Waals surface area contributed by atoms with Crippen molar-refractivity contribution in [3.05, 3.63) is 23.8 Å². The van der Waals surface area contributed by atoms with Crippen LogP contribution in [0.2, 0.25) is 0 Å². The van der Waals surface area contributed by atoms with E-state index in [1.54, 1.807) is 0 Å². The number of hydrogen-bond acceptors (Lipinski definition) is 3. The average Bonchev–Trinajstić information content (AvgIpc) is 2.52. The third kappa shape index (κ3) is 4.54. The number of nitrogen functional groups attached to an aromatic ring is 1. The Morgan fingerprint density at radius 1 is 1.16 bits per heavy atom. The van der Waals surface area contributed by atoms with E-state index in [2.05, 4.69) is 18.7 Å². The van der Waals surface area contributed by atoms with E-state index in [4.69, 9.17) is 10.5 Å². The molecule has 1 aromatic rings. The maximum absolute atomic E-state index is 13.7. The van der Waals surface area contributed by atoms with Crippen LogP contribution in [0.3, 0.4) is 0 Å². The van der Waals surface area contributed by atoms with Crippen molar-refractivity contribution in [1.29, 1.82) is 0 Å². The van der Waals surface area contributed by atoms with Crippen LogP contribution in [0.5, 0.6) is 5.75 Å². The number of hydrogen-bond donors (Lipinski definition) is 1. The van der Waals surface area contributed by atoms with Crippen LogP contribution in [0.1, 0.15) is 32.3 Å². The summed E-state index contributed by atoms with van der Waals surface area (Å²) in [4.78, 5) is 2.29. The average molecular weight is 366 g/mol. The molecule has 0 radical (unpaired) electrons. The Morgan fingerprint density at radius 3 is 2.28 bits per heavy atom. The molecular formula is C17H23F5N2O. The molecule has 2 rings (SSSR count). The van der Waals surface area contributed by atoms with Gasteiger partial charge >= 0.3 is 12.1 Å². The predicted octanol–water partition coefficient (Wildman–Crippen LogP) is 4.42. The second-order valence-electron chi connectivity index (χ2n) is 6.71. The number of anilines is 1. The van der Waals surface area contributed by atoms with Crippen LogP contribution in [0.4, 0.5) is 27.6 Å². The first-order chi connectivity index (χ1) is 11.5. The number of rotatable bonds is 5. The largest absolute Gasteiger partial charge is 0.493 e. The summed E-state index contributed by atoms with van der Waals surface area (Å²) in [5, 5.41) is 0. The summed E-state index contributed by atoms with van der Waals surface area (Å²) in [6, 6.07) is 3.15. The van der Waals surface area contributed by atoms with Crippen molar-refractivity contribution < 1.29 is 26.7 Å². The van der Waals surface area contributed by atoms with Gasteiger partial charge in [0.05, 0.1) is 12.2 Å². The maximum Gasteiger partial charge on any atom is 0.458 e.